The molecule has 1 heterocycles. The van der Waals surface area contributed by atoms with E-state index in [0.717, 1.165) is 26.4 Å². The maximum Gasteiger partial charge on any atom is 0.279 e. The molecule has 1 atom stereocenters. The molecule has 0 fully saturated rings. The number of ether oxygens (including phenoxy) is 1. The number of nitrogens with zero attached hydrogens (tertiary/aromatic N) is 1. The molecule has 1 aromatic heterocycles. The summed E-state index contributed by atoms with van der Waals surface area (Å²) >= 11 is 3.07. The second kappa shape index (κ2) is 9.76. The third kappa shape index (κ3) is 5.71. The monoisotopic (exact) mass is 429 g/mol. The van der Waals surface area contributed by atoms with Gasteiger partial charge in [-0.2, -0.15) is 0 Å². The number of hydrogen-bond acceptors (Lipinski definition) is 6. The maximum absolute atomic E-state index is 12.2. The Bertz CT molecular complexity index is 986. The fourth-order valence-corrected chi connectivity index (χ4v) is 4.42. The van der Waals surface area contributed by atoms with Crippen LogP contribution in [0.4, 0.5) is 0 Å². The van der Waals surface area contributed by atoms with Crippen molar-refractivity contribution in [2.45, 2.75) is 32.6 Å². The van der Waals surface area contributed by atoms with Gasteiger partial charge in [0.05, 0.1) is 16.0 Å². The van der Waals surface area contributed by atoms with E-state index in [-0.39, 0.29) is 11.7 Å². The molecular formula is C21H23N3O3S2. The summed E-state index contributed by atoms with van der Waals surface area (Å²) in [6.07, 6.45) is -0.730. The summed E-state index contributed by atoms with van der Waals surface area (Å²) in [6.45, 7) is 5.57. The van der Waals surface area contributed by atoms with E-state index in [2.05, 4.69) is 15.8 Å². The van der Waals surface area contributed by atoms with Gasteiger partial charge in [0, 0.05) is 5.75 Å². The van der Waals surface area contributed by atoms with Crippen LogP contribution < -0.4 is 15.6 Å². The molecule has 1 unspecified atom stereocenters. The van der Waals surface area contributed by atoms with Gasteiger partial charge in [0.15, 0.2) is 6.10 Å². The van der Waals surface area contributed by atoms with Gasteiger partial charge in [0.1, 0.15) is 10.8 Å². The van der Waals surface area contributed by atoms with Gasteiger partial charge in [-0.25, -0.2) is 4.98 Å². The molecule has 0 radical (unpaired) electrons. The number of amides is 2. The molecule has 8 heteroatoms. The minimum atomic E-state index is -0.730. The van der Waals surface area contributed by atoms with Gasteiger partial charge in [0.2, 0.25) is 5.91 Å². The lowest BCUT2D eigenvalue weighted by Gasteiger charge is -2.17. The van der Waals surface area contributed by atoms with Gasteiger partial charge in [-0.1, -0.05) is 24.3 Å². The minimum Gasteiger partial charge on any atom is -0.481 e. The zero-order chi connectivity index (χ0) is 20.8. The van der Waals surface area contributed by atoms with Gasteiger partial charge < -0.3 is 4.74 Å². The first-order valence-corrected chi connectivity index (χ1v) is 11.1. The molecule has 3 rings (SSSR count). The third-order valence-electron chi connectivity index (χ3n) is 4.35. The molecule has 3 aromatic rings. The Kier molecular flexibility index (Phi) is 7.11. The zero-order valence-corrected chi connectivity index (χ0v) is 18.2. The number of thioether (sulfide) groups is 1. The second-order valence-electron chi connectivity index (χ2n) is 6.56. The lowest BCUT2D eigenvalue weighted by molar-refractivity contribution is -0.131. The number of aromatic nitrogens is 1. The van der Waals surface area contributed by atoms with Crippen molar-refractivity contribution in [3.63, 3.8) is 0 Å². The number of aryl methyl sites for hydroxylation is 1. The molecule has 0 aliphatic carbocycles. The number of nitrogens with one attached hydrogen (secondary N) is 2. The fraction of sp³-hybridized carbons (Fsp3) is 0.286. The second-order valence-corrected chi connectivity index (χ2v) is 8.66. The number of fused-ring (bicyclic) bond motifs is 1. The minimum absolute atomic E-state index is 0.225. The van der Waals surface area contributed by atoms with E-state index >= 15 is 0 Å². The summed E-state index contributed by atoms with van der Waals surface area (Å²) in [7, 11) is 0. The highest BCUT2D eigenvalue weighted by Gasteiger charge is 2.16. The molecule has 0 bridgehead atoms. The largest absolute Gasteiger partial charge is 0.481 e. The van der Waals surface area contributed by atoms with E-state index in [1.807, 2.05) is 56.3 Å². The van der Waals surface area contributed by atoms with E-state index in [0.29, 0.717) is 11.5 Å². The van der Waals surface area contributed by atoms with Crippen LogP contribution in [0, 0.1) is 13.8 Å². The molecule has 0 spiro atoms. The van der Waals surface area contributed by atoms with Crippen LogP contribution in [0.25, 0.3) is 10.2 Å². The summed E-state index contributed by atoms with van der Waals surface area (Å²) in [5.74, 6) is 0.846. The van der Waals surface area contributed by atoms with Crippen LogP contribution in [0.1, 0.15) is 23.1 Å². The summed E-state index contributed by atoms with van der Waals surface area (Å²) < 4.78 is 6.85. The van der Waals surface area contributed by atoms with E-state index in [1.165, 1.54) is 11.8 Å². The van der Waals surface area contributed by atoms with Crippen molar-refractivity contribution in [2.75, 3.05) is 5.75 Å². The van der Waals surface area contributed by atoms with Crippen LogP contribution in [-0.2, 0) is 15.3 Å². The van der Waals surface area contributed by atoms with E-state index < -0.39 is 12.0 Å². The molecule has 2 aromatic carbocycles. The first-order valence-electron chi connectivity index (χ1n) is 9.18. The average Bonchev–Trinajstić information content (AvgIpc) is 3.12. The number of carbonyl (C=O) groups excluding carboxylic acids is 2. The van der Waals surface area contributed by atoms with Crippen LogP contribution >= 0.6 is 23.1 Å². The van der Waals surface area contributed by atoms with Crippen LogP contribution in [0.15, 0.2) is 42.5 Å². The first-order chi connectivity index (χ1) is 13.9. The smallest absolute Gasteiger partial charge is 0.279 e. The summed E-state index contributed by atoms with van der Waals surface area (Å²) in [5, 5.41) is 0.976. The fourth-order valence-electron chi connectivity index (χ4n) is 2.58. The van der Waals surface area contributed by atoms with Crippen molar-refractivity contribution in [1.29, 1.82) is 0 Å². The molecule has 152 valence electrons. The predicted octanol–water partition coefficient (Wildman–Crippen LogP) is 3.76. The number of benzene rings is 2. The van der Waals surface area contributed by atoms with Crippen molar-refractivity contribution < 1.29 is 14.3 Å². The molecular weight excluding hydrogens is 406 g/mol. The highest BCUT2D eigenvalue weighted by atomic mass is 32.2. The van der Waals surface area contributed by atoms with Gasteiger partial charge in [-0.3, -0.25) is 20.4 Å². The van der Waals surface area contributed by atoms with Crippen LogP contribution in [0.3, 0.4) is 0 Å². The lowest BCUT2D eigenvalue weighted by atomic mass is 10.1. The Labute approximate surface area is 178 Å². The first kappa shape index (κ1) is 21.1. The van der Waals surface area contributed by atoms with Crippen molar-refractivity contribution in [2.24, 2.45) is 0 Å². The van der Waals surface area contributed by atoms with Gasteiger partial charge in [0.25, 0.3) is 5.91 Å². The Morgan fingerprint density at radius 2 is 1.93 bits per heavy atom. The predicted molar refractivity (Wildman–Crippen MR) is 118 cm³/mol. The third-order valence-corrected chi connectivity index (χ3v) is 6.51. The van der Waals surface area contributed by atoms with Crippen LogP contribution in [-0.4, -0.2) is 28.7 Å². The number of hydrazine groups is 1. The highest BCUT2D eigenvalue weighted by Crippen LogP contribution is 2.24. The standard InChI is InChI=1S/C21H23N3O3S2/c1-13-7-6-9-17(14(13)2)27-15(3)21(26)24-23-19(25)11-28-12-20-22-16-8-4-5-10-18(16)29-20/h4-10,15H,11-12H2,1-3H3,(H,23,25)(H,24,26). The number of carbonyl (C=O) groups is 2. The quantitative estimate of drug-likeness (QED) is 0.559. The molecule has 29 heavy (non-hydrogen) atoms. The summed E-state index contributed by atoms with van der Waals surface area (Å²) in [5.41, 5.74) is 7.90. The Morgan fingerprint density at radius 1 is 1.14 bits per heavy atom. The summed E-state index contributed by atoms with van der Waals surface area (Å²) in [6, 6.07) is 13.6. The number of thiazole rings is 1. The molecule has 6 nitrogen and oxygen atoms in total. The van der Waals surface area contributed by atoms with Crippen molar-refractivity contribution in [3.8, 4) is 5.75 Å². The Balaban J connectivity index is 1.40. The van der Waals surface area contributed by atoms with Gasteiger partial charge in [-0.05, 0) is 50.1 Å². The SMILES string of the molecule is Cc1cccc(OC(C)C(=O)NNC(=O)CSCc2nc3ccccc3s2)c1C. The normalized spacial score (nSPS) is 11.8. The molecule has 0 aliphatic rings. The number of para-hydroxylation sites is 1. The Hall–Kier alpha value is -2.58. The van der Waals surface area contributed by atoms with Crippen LogP contribution in [0.2, 0.25) is 0 Å². The summed E-state index contributed by atoms with van der Waals surface area (Å²) in [4.78, 5) is 28.7. The molecule has 0 saturated carbocycles. The topological polar surface area (TPSA) is 80.3 Å². The molecule has 2 N–H and O–H groups in total. The Morgan fingerprint density at radius 3 is 2.72 bits per heavy atom. The zero-order valence-electron chi connectivity index (χ0n) is 16.5. The van der Waals surface area contributed by atoms with Crippen molar-refractivity contribution >= 4 is 45.1 Å². The molecule has 2 amide bonds. The van der Waals surface area contributed by atoms with E-state index in [1.54, 1.807) is 18.3 Å². The van der Waals surface area contributed by atoms with E-state index in [9.17, 15) is 9.59 Å². The maximum atomic E-state index is 12.2. The lowest BCUT2D eigenvalue weighted by Crippen LogP contribution is -2.47. The number of hydrogen-bond donors (Lipinski definition) is 2. The van der Waals surface area contributed by atoms with Crippen LogP contribution in [0.5, 0.6) is 5.75 Å². The van der Waals surface area contributed by atoms with Crippen molar-refractivity contribution in [3.05, 3.63) is 58.6 Å². The highest BCUT2D eigenvalue weighted by molar-refractivity contribution is 7.99. The number of rotatable bonds is 7. The van der Waals surface area contributed by atoms with Gasteiger partial charge >= 0.3 is 0 Å². The average molecular weight is 430 g/mol. The molecule has 0 aliphatic heterocycles. The van der Waals surface area contributed by atoms with Gasteiger partial charge in [-0.15, -0.1) is 23.1 Å². The van der Waals surface area contributed by atoms with Crippen molar-refractivity contribution in [1.82, 2.24) is 15.8 Å². The van der Waals surface area contributed by atoms with E-state index in [4.69, 9.17) is 4.74 Å². The molecule has 0 saturated heterocycles.